The SMILES string of the molecule is Cc1nccc(CNC2CN3CCC2CC3)n1. The Labute approximate surface area is 102 Å². The Kier molecular flexibility index (Phi) is 3.07. The van der Waals surface area contributed by atoms with Crippen LogP contribution in [-0.4, -0.2) is 40.5 Å². The predicted molar refractivity (Wildman–Crippen MR) is 66.6 cm³/mol. The van der Waals surface area contributed by atoms with Crippen LogP contribution in [0.2, 0.25) is 0 Å². The molecule has 17 heavy (non-hydrogen) atoms. The van der Waals surface area contributed by atoms with Gasteiger partial charge in [-0.1, -0.05) is 0 Å². The first-order valence-corrected chi connectivity index (χ1v) is 6.55. The van der Waals surface area contributed by atoms with Gasteiger partial charge in [-0.15, -0.1) is 0 Å². The van der Waals surface area contributed by atoms with Gasteiger partial charge in [0, 0.05) is 25.3 Å². The zero-order valence-electron chi connectivity index (χ0n) is 10.4. The van der Waals surface area contributed by atoms with Crippen LogP contribution in [0.1, 0.15) is 24.4 Å². The van der Waals surface area contributed by atoms with E-state index in [9.17, 15) is 0 Å². The van der Waals surface area contributed by atoms with Gasteiger partial charge in [-0.05, 0) is 44.8 Å². The molecule has 4 heteroatoms. The van der Waals surface area contributed by atoms with Crippen molar-refractivity contribution in [2.24, 2.45) is 5.92 Å². The number of nitrogens with zero attached hydrogens (tertiary/aromatic N) is 3. The molecule has 1 N–H and O–H groups in total. The largest absolute Gasteiger partial charge is 0.307 e. The molecular formula is C13H20N4. The van der Waals surface area contributed by atoms with E-state index in [1.807, 2.05) is 19.2 Å². The highest BCUT2D eigenvalue weighted by Crippen LogP contribution is 2.27. The summed E-state index contributed by atoms with van der Waals surface area (Å²) in [6, 6.07) is 2.66. The molecular weight excluding hydrogens is 212 g/mol. The fraction of sp³-hybridized carbons (Fsp3) is 0.692. The number of aromatic nitrogens is 2. The Morgan fingerprint density at radius 2 is 2.24 bits per heavy atom. The number of fused-ring (bicyclic) bond motifs is 3. The smallest absolute Gasteiger partial charge is 0.125 e. The van der Waals surface area contributed by atoms with Crippen molar-refractivity contribution in [1.82, 2.24) is 20.2 Å². The van der Waals surface area contributed by atoms with Crippen LogP contribution in [0.4, 0.5) is 0 Å². The zero-order valence-corrected chi connectivity index (χ0v) is 10.4. The van der Waals surface area contributed by atoms with E-state index in [1.165, 1.54) is 32.5 Å². The third-order valence-electron chi connectivity index (χ3n) is 4.04. The molecule has 0 aliphatic carbocycles. The Hall–Kier alpha value is -1.00. The molecule has 0 spiro atoms. The van der Waals surface area contributed by atoms with Crippen LogP contribution in [0.3, 0.4) is 0 Å². The van der Waals surface area contributed by atoms with Gasteiger partial charge in [0.25, 0.3) is 0 Å². The van der Waals surface area contributed by atoms with Crippen molar-refractivity contribution >= 4 is 0 Å². The maximum absolute atomic E-state index is 4.43. The molecule has 0 saturated carbocycles. The first-order chi connectivity index (χ1) is 8.31. The molecule has 3 saturated heterocycles. The lowest BCUT2D eigenvalue weighted by Gasteiger charge is -2.45. The van der Waals surface area contributed by atoms with Gasteiger partial charge in [0.05, 0.1) is 5.69 Å². The standard InChI is InChI=1S/C13H20N4/c1-10-14-5-2-12(16-10)8-15-13-9-17-6-3-11(13)4-7-17/h2,5,11,13,15H,3-4,6-9H2,1H3. The average Bonchev–Trinajstić information content (AvgIpc) is 2.38. The summed E-state index contributed by atoms with van der Waals surface area (Å²) in [5.74, 6) is 1.74. The highest BCUT2D eigenvalue weighted by molar-refractivity contribution is 5.02. The zero-order chi connectivity index (χ0) is 11.7. The van der Waals surface area contributed by atoms with Crippen LogP contribution in [0, 0.1) is 12.8 Å². The van der Waals surface area contributed by atoms with Gasteiger partial charge in [0.15, 0.2) is 0 Å². The van der Waals surface area contributed by atoms with E-state index in [0.717, 1.165) is 24.0 Å². The van der Waals surface area contributed by atoms with Gasteiger partial charge in [-0.25, -0.2) is 9.97 Å². The number of piperidine rings is 3. The maximum atomic E-state index is 4.43. The summed E-state index contributed by atoms with van der Waals surface area (Å²) in [6.07, 6.45) is 4.57. The minimum Gasteiger partial charge on any atom is -0.307 e. The Morgan fingerprint density at radius 1 is 1.41 bits per heavy atom. The van der Waals surface area contributed by atoms with E-state index in [4.69, 9.17) is 0 Å². The van der Waals surface area contributed by atoms with Crippen molar-refractivity contribution in [3.05, 3.63) is 23.8 Å². The quantitative estimate of drug-likeness (QED) is 0.843. The summed E-state index contributed by atoms with van der Waals surface area (Å²) in [7, 11) is 0. The lowest BCUT2D eigenvalue weighted by molar-refractivity contribution is 0.0718. The monoisotopic (exact) mass is 232 g/mol. The number of rotatable bonds is 3. The average molecular weight is 232 g/mol. The molecule has 92 valence electrons. The summed E-state index contributed by atoms with van der Waals surface area (Å²) >= 11 is 0. The second-order valence-corrected chi connectivity index (χ2v) is 5.22. The third-order valence-corrected chi connectivity index (χ3v) is 4.04. The molecule has 2 bridgehead atoms. The van der Waals surface area contributed by atoms with Crippen molar-refractivity contribution in [2.75, 3.05) is 19.6 Å². The molecule has 1 aromatic heterocycles. The molecule has 4 rings (SSSR count). The van der Waals surface area contributed by atoms with Crippen molar-refractivity contribution in [3.63, 3.8) is 0 Å². The van der Waals surface area contributed by atoms with Gasteiger partial charge in [0.2, 0.25) is 0 Å². The Balaban J connectivity index is 1.57. The predicted octanol–water partition coefficient (Wildman–Crippen LogP) is 0.969. The van der Waals surface area contributed by atoms with Gasteiger partial charge < -0.3 is 10.2 Å². The maximum Gasteiger partial charge on any atom is 0.125 e. The molecule has 1 aromatic rings. The summed E-state index contributed by atoms with van der Waals surface area (Å²) < 4.78 is 0. The minimum absolute atomic E-state index is 0.660. The lowest BCUT2D eigenvalue weighted by Crippen LogP contribution is -2.55. The first-order valence-electron chi connectivity index (χ1n) is 6.55. The lowest BCUT2D eigenvalue weighted by atomic mass is 9.84. The van der Waals surface area contributed by atoms with Crippen molar-refractivity contribution in [2.45, 2.75) is 32.4 Å². The van der Waals surface area contributed by atoms with Crippen molar-refractivity contribution < 1.29 is 0 Å². The van der Waals surface area contributed by atoms with E-state index < -0.39 is 0 Å². The highest BCUT2D eigenvalue weighted by atomic mass is 15.2. The van der Waals surface area contributed by atoms with E-state index in [0.29, 0.717) is 6.04 Å². The summed E-state index contributed by atoms with van der Waals surface area (Å²) in [4.78, 5) is 11.1. The molecule has 3 aliphatic heterocycles. The summed E-state index contributed by atoms with van der Waals surface area (Å²) in [5.41, 5.74) is 1.11. The molecule has 4 heterocycles. The van der Waals surface area contributed by atoms with Crippen LogP contribution in [0.25, 0.3) is 0 Å². The van der Waals surface area contributed by atoms with Crippen LogP contribution >= 0.6 is 0 Å². The number of hydrogen-bond donors (Lipinski definition) is 1. The Bertz CT molecular complexity index is 385. The normalized spacial score (nSPS) is 31.7. The van der Waals surface area contributed by atoms with Crippen LogP contribution in [-0.2, 0) is 6.54 Å². The minimum atomic E-state index is 0.660. The molecule has 0 amide bonds. The highest BCUT2D eigenvalue weighted by Gasteiger charge is 2.33. The fourth-order valence-corrected chi connectivity index (χ4v) is 3.04. The van der Waals surface area contributed by atoms with E-state index >= 15 is 0 Å². The number of aryl methyl sites for hydroxylation is 1. The van der Waals surface area contributed by atoms with Gasteiger partial charge >= 0.3 is 0 Å². The molecule has 1 atom stereocenters. The van der Waals surface area contributed by atoms with Gasteiger partial charge in [-0.3, -0.25) is 0 Å². The Morgan fingerprint density at radius 3 is 2.88 bits per heavy atom. The fourth-order valence-electron chi connectivity index (χ4n) is 3.04. The van der Waals surface area contributed by atoms with Crippen LogP contribution in [0.15, 0.2) is 12.3 Å². The molecule has 1 unspecified atom stereocenters. The molecule has 3 fully saturated rings. The van der Waals surface area contributed by atoms with Crippen molar-refractivity contribution in [1.29, 1.82) is 0 Å². The topological polar surface area (TPSA) is 41.1 Å². The number of nitrogens with one attached hydrogen (secondary N) is 1. The van der Waals surface area contributed by atoms with Crippen LogP contribution in [0.5, 0.6) is 0 Å². The molecule has 0 aromatic carbocycles. The van der Waals surface area contributed by atoms with E-state index in [1.54, 1.807) is 0 Å². The number of hydrogen-bond acceptors (Lipinski definition) is 4. The first kappa shape index (κ1) is 11.1. The van der Waals surface area contributed by atoms with Gasteiger partial charge in [-0.2, -0.15) is 0 Å². The van der Waals surface area contributed by atoms with Crippen LogP contribution < -0.4 is 5.32 Å². The molecule has 3 aliphatic rings. The van der Waals surface area contributed by atoms with Gasteiger partial charge in [0.1, 0.15) is 5.82 Å². The summed E-state index contributed by atoms with van der Waals surface area (Å²) in [5, 5.41) is 3.66. The van der Waals surface area contributed by atoms with E-state index in [-0.39, 0.29) is 0 Å². The second-order valence-electron chi connectivity index (χ2n) is 5.22. The molecule has 4 nitrogen and oxygen atoms in total. The van der Waals surface area contributed by atoms with E-state index in [2.05, 4.69) is 20.2 Å². The third kappa shape index (κ3) is 2.48. The van der Waals surface area contributed by atoms with Crippen molar-refractivity contribution in [3.8, 4) is 0 Å². The summed E-state index contributed by atoms with van der Waals surface area (Å²) in [6.45, 7) is 6.63. The molecule has 0 radical (unpaired) electrons. The second kappa shape index (κ2) is 4.70.